The molecule has 3 aromatic rings. The Balaban J connectivity index is 0.00000768. The summed E-state index contributed by atoms with van der Waals surface area (Å²) in [5.41, 5.74) is 5.74. The second-order valence-electron chi connectivity index (χ2n) is 10.7. The molecular formula is C35H45BrN3O6PS. The average Bonchev–Trinajstić information content (AvgIpc) is 3.10. The molecule has 3 aromatic carbocycles. The van der Waals surface area contributed by atoms with Gasteiger partial charge in [-0.2, -0.15) is 0 Å². The molecule has 2 amide bonds. The molecule has 0 saturated heterocycles. The van der Waals surface area contributed by atoms with E-state index in [4.69, 9.17) is 5.73 Å². The topological polar surface area (TPSA) is 137 Å². The van der Waals surface area contributed by atoms with Gasteiger partial charge in [0.15, 0.2) is 0 Å². The maximum Gasteiger partial charge on any atom is 0.325 e. The summed E-state index contributed by atoms with van der Waals surface area (Å²) in [6, 6.07) is 30.6. The minimum absolute atomic E-state index is 0. The molecule has 0 heterocycles. The molecule has 0 aliphatic rings. The highest BCUT2D eigenvalue weighted by molar-refractivity contribution is 7.97. The van der Waals surface area contributed by atoms with Gasteiger partial charge in [-0.3, -0.25) is 19.2 Å². The normalized spacial score (nSPS) is 12.5. The minimum Gasteiger partial charge on any atom is -1.00 e. The molecule has 12 heteroatoms. The Hall–Kier alpha value is -3.37. The van der Waals surface area contributed by atoms with Crippen LogP contribution in [0, 0.1) is 0 Å². The molecular weight excluding hydrogens is 701 g/mol. The second kappa shape index (κ2) is 21.5. The molecule has 2 atom stereocenters. The summed E-state index contributed by atoms with van der Waals surface area (Å²) < 4.78 is 9.20. The Morgan fingerprint density at radius 2 is 1.36 bits per heavy atom. The highest BCUT2D eigenvalue weighted by atomic mass is 79.9. The monoisotopic (exact) mass is 745 g/mol. The van der Waals surface area contributed by atoms with Gasteiger partial charge < -0.3 is 42.8 Å². The lowest BCUT2D eigenvalue weighted by molar-refractivity contribution is -0.142. The fraction of sp³-hybridized carbons (Fsp3) is 0.343. The van der Waals surface area contributed by atoms with Gasteiger partial charge in [-0.05, 0) is 62.1 Å². The Kier molecular flexibility index (Phi) is 18.2. The van der Waals surface area contributed by atoms with E-state index in [-0.39, 0.29) is 36.4 Å². The zero-order valence-corrected chi connectivity index (χ0v) is 30.2. The first kappa shape index (κ1) is 39.8. The molecule has 0 fully saturated rings. The van der Waals surface area contributed by atoms with Crippen molar-refractivity contribution < 1.29 is 45.6 Å². The van der Waals surface area contributed by atoms with E-state index < -0.39 is 43.1 Å². The number of esters is 2. The van der Waals surface area contributed by atoms with Crippen LogP contribution in [0.1, 0.15) is 32.1 Å². The summed E-state index contributed by atoms with van der Waals surface area (Å²) in [4.78, 5) is 48.5. The molecule has 0 unspecified atom stereocenters. The first-order chi connectivity index (χ1) is 22.3. The number of ether oxygens (including phenoxy) is 2. The number of carbonyl (C=O) groups excluding carboxylic acids is 4. The van der Waals surface area contributed by atoms with Crippen LogP contribution in [-0.2, 0) is 28.7 Å². The van der Waals surface area contributed by atoms with Crippen molar-refractivity contribution >= 4 is 63.6 Å². The number of unbranched alkanes of at least 4 members (excludes halogenated alkanes) is 2. The summed E-state index contributed by atoms with van der Waals surface area (Å²) in [5.74, 6) is -1.77. The number of rotatable bonds is 18. The van der Waals surface area contributed by atoms with E-state index in [1.165, 1.54) is 30.1 Å². The summed E-state index contributed by atoms with van der Waals surface area (Å²) in [5, 5.41) is 11.4. The van der Waals surface area contributed by atoms with Crippen molar-refractivity contribution in [1.29, 1.82) is 0 Å². The van der Waals surface area contributed by atoms with Gasteiger partial charge in [0.05, 0.1) is 20.4 Å². The summed E-state index contributed by atoms with van der Waals surface area (Å²) in [6.07, 6.45) is 3.89. The SMILES string of the molecule is COC(=O)CNC(=O)[C@H](C[SH]=CCCCC[P+](c1ccccc1)(c1ccccc1)c1ccccc1)NC(=O)CC[C@H](N)C(=O)OC.[Br-]. The molecule has 4 N–H and O–H groups in total. The van der Waals surface area contributed by atoms with Crippen LogP contribution in [0.2, 0.25) is 0 Å². The molecule has 0 saturated carbocycles. The molecule has 0 radical (unpaired) electrons. The maximum atomic E-state index is 12.8. The van der Waals surface area contributed by atoms with E-state index in [0.717, 1.165) is 36.8 Å². The summed E-state index contributed by atoms with van der Waals surface area (Å²) in [6.45, 7) is -0.301. The predicted octanol–water partition coefficient (Wildman–Crippen LogP) is -0.523. The number of hydrogen-bond acceptors (Lipinski definition) is 7. The van der Waals surface area contributed by atoms with Crippen LogP contribution in [0.5, 0.6) is 0 Å². The number of hydrogen-bond donors (Lipinski definition) is 4. The number of methoxy groups -OCH3 is 2. The molecule has 3 rings (SSSR count). The molecule has 0 aliphatic heterocycles. The van der Waals surface area contributed by atoms with E-state index in [9.17, 15) is 19.2 Å². The van der Waals surface area contributed by atoms with E-state index in [0.29, 0.717) is 5.75 Å². The average molecular weight is 747 g/mol. The lowest BCUT2D eigenvalue weighted by atomic mass is 10.1. The van der Waals surface area contributed by atoms with Gasteiger partial charge in [0.25, 0.3) is 0 Å². The zero-order chi connectivity index (χ0) is 33.2. The van der Waals surface area contributed by atoms with Gasteiger partial charge in [-0.15, -0.1) is 0 Å². The second-order valence-corrected chi connectivity index (χ2v) is 15.4. The van der Waals surface area contributed by atoms with Gasteiger partial charge in [-0.25, -0.2) is 11.4 Å². The van der Waals surface area contributed by atoms with Crippen LogP contribution in [-0.4, -0.2) is 73.9 Å². The van der Waals surface area contributed by atoms with Gasteiger partial charge in [0, 0.05) is 12.2 Å². The van der Waals surface area contributed by atoms with Crippen molar-refractivity contribution in [1.82, 2.24) is 10.6 Å². The van der Waals surface area contributed by atoms with Gasteiger partial charge in [-0.1, -0.05) is 60.0 Å². The molecule has 9 nitrogen and oxygen atoms in total. The summed E-state index contributed by atoms with van der Waals surface area (Å²) in [7, 11) is 0.576. The van der Waals surface area contributed by atoms with Crippen LogP contribution < -0.4 is 49.3 Å². The van der Waals surface area contributed by atoms with Crippen LogP contribution in [0.3, 0.4) is 0 Å². The standard InChI is InChI=1S/C35H44N3O6PS.BrH/c1-43-33(40)25-37-34(41)31(38-32(39)22-21-30(36)35(42)44-2)26-46-24-14-6-13-23-45(27-15-7-3-8-16-27,28-17-9-4-10-18-28)29-19-11-5-12-20-29;/h3-5,7-12,15-20,24,30-31,46H,6,13-14,21-23,25-26,36H2,1-2H3,(H-,37,38,39,41);1H/t30-,31-;/m0./s1. The number of halogens is 1. The Bertz CT molecular complexity index is 1340. The number of nitrogens with two attached hydrogens (primary N) is 1. The first-order valence-corrected chi connectivity index (χ1v) is 18.4. The number of amides is 2. The quantitative estimate of drug-likeness (QED) is 0.0453. The van der Waals surface area contributed by atoms with E-state index in [1.54, 1.807) is 0 Å². The third-order valence-electron chi connectivity index (χ3n) is 7.56. The lowest BCUT2D eigenvalue weighted by Crippen LogP contribution is -3.00. The maximum absolute atomic E-state index is 12.8. The van der Waals surface area contributed by atoms with Crippen LogP contribution in [0.25, 0.3) is 0 Å². The fourth-order valence-corrected chi connectivity index (χ4v) is 10.5. The molecule has 0 spiro atoms. The van der Waals surface area contributed by atoms with E-state index in [1.807, 2.05) is 0 Å². The highest BCUT2D eigenvalue weighted by Crippen LogP contribution is 2.55. The molecule has 254 valence electrons. The van der Waals surface area contributed by atoms with Crippen molar-refractivity contribution in [3.05, 3.63) is 91.0 Å². The van der Waals surface area contributed by atoms with Crippen molar-refractivity contribution in [3.8, 4) is 0 Å². The molecule has 47 heavy (non-hydrogen) atoms. The van der Waals surface area contributed by atoms with Gasteiger partial charge in [0.1, 0.15) is 41.8 Å². The van der Waals surface area contributed by atoms with E-state index >= 15 is 0 Å². The van der Waals surface area contributed by atoms with Crippen LogP contribution >= 0.6 is 18.6 Å². The largest absolute Gasteiger partial charge is 1.00 e. The van der Waals surface area contributed by atoms with Crippen molar-refractivity contribution in [3.63, 3.8) is 0 Å². The molecule has 0 aromatic heterocycles. The number of benzene rings is 3. The first-order valence-electron chi connectivity index (χ1n) is 15.3. The highest BCUT2D eigenvalue weighted by Gasteiger charge is 2.44. The van der Waals surface area contributed by atoms with E-state index in [2.05, 4.69) is 116 Å². The Morgan fingerprint density at radius 1 is 0.830 bits per heavy atom. The third-order valence-corrected chi connectivity index (χ3v) is 13.2. The van der Waals surface area contributed by atoms with Crippen LogP contribution in [0.15, 0.2) is 91.0 Å². The molecule has 0 bridgehead atoms. The Morgan fingerprint density at radius 3 is 1.85 bits per heavy atom. The van der Waals surface area contributed by atoms with Crippen molar-refractivity contribution in [2.75, 3.05) is 32.7 Å². The molecule has 0 aliphatic carbocycles. The Labute approximate surface area is 292 Å². The number of thiol groups is 1. The third kappa shape index (κ3) is 12.3. The predicted molar refractivity (Wildman–Crippen MR) is 190 cm³/mol. The van der Waals surface area contributed by atoms with Gasteiger partial charge in [0.2, 0.25) is 11.8 Å². The van der Waals surface area contributed by atoms with Gasteiger partial charge >= 0.3 is 11.9 Å². The minimum atomic E-state index is -1.89. The number of carbonyl (C=O) groups is 4. The number of nitrogens with one attached hydrogen (secondary N) is 2. The smallest absolute Gasteiger partial charge is 0.325 e. The zero-order valence-electron chi connectivity index (χ0n) is 26.8. The van der Waals surface area contributed by atoms with Crippen LogP contribution in [0.4, 0.5) is 0 Å². The fourth-order valence-electron chi connectivity index (χ4n) is 5.11. The summed E-state index contributed by atoms with van der Waals surface area (Å²) >= 11 is 0.876. The lowest BCUT2D eigenvalue weighted by Gasteiger charge is -2.27. The van der Waals surface area contributed by atoms with Crippen molar-refractivity contribution in [2.45, 2.75) is 44.2 Å². The van der Waals surface area contributed by atoms with Crippen molar-refractivity contribution in [2.24, 2.45) is 5.73 Å².